The maximum Gasteiger partial charge on any atom is 0.259 e. The van der Waals surface area contributed by atoms with Gasteiger partial charge in [0.15, 0.2) is 0 Å². The third-order valence-corrected chi connectivity index (χ3v) is 2.74. The number of hydrogen-bond acceptors (Lipinski definition) is 3. The number of benzene rings is 2. The minimum atomic E-state index is -0.623. The molecular formula is C14H12FNO3. The number of amides is 1. The number of phenolic OH excluding ortho intramolecular Hbond substituents is 2. The van der Waals surface area contributed by atoms with Crippen molar-refractivity contribution in [2.75, 3.05) is 5.32 Å². The number of rotatable bonds is 2. The summed E-state index contributed by atoms with van der Waals surface area (Å²) in [5, 5.41) is 21.3. The molecular weight excluding hydrogens is 249 g/mol. The molecule has 5 heteroatoms. The van der Waals surface area contributed by atoms with Crippen LogP contribution in [0.3, 0.4) is 0 Å². The summed E-state index contributed by atoms with van der Waals surface area (Å²) in [5.41, 5.74) is 0.534. The topological polar surface area (TPSA) is 69.6 Å². The molecule has 4 nitrogen and oxygen atoms in total. The van der Waals surface area contributed by atoms with E-state index >= 15 is 0 Å². The van der Waals surface area contributed by atoms with Gasteiger partial charge in [-0.15, -0.1) is 0 Å². The predicted molar refractivity (Wildman–Crippen MR) is 68.9 cm³/mol. The van der Waals surface area contributed by atoms with E-state index in [-0.39, 0.29) is 17.1 Å². The van der Waals surface area contributed by atoms with E-state index in [1.165, 1.54) is 31.2 Å². The van der Waals surface area contributed by atoms with Gasteiger partial charge in [-0.25, -0.2) is 4.39 Å². The first-order valence-electron chi connectivity index (χ1n) is 5.57. The molecule has 0 atom stereocenters. The average Bonchev–Trinajstić information content (AvgIpc) is 2.38. The van der Waals surface area contributed by atoms with E-state index in [0.717, 1.165) is 6.07 Å². The second kappa shape index (κ2) is 4.97. The summed E-state index contributed by atoms with van der Waals surface area (Å²) in [7, 11) is 0. The summed E-state index contributed by atoms with van der Waals surface area (Å²) in [6, 6.07) is 7.93. The first-order valence-corrected chi connectivity index (χ1v) is 5.57. The van der Waals surface area contributed by atoms with Gasteiger partial charge in [0.25, 0.3) is 5.91 Å². The highest BCUT2D eigenvalue weighted by Gasteiger charge is 2.14. The van der Waals surface area contributed by atoms with Crippen LogP contribution in [0.15, 0.2) is 36.4 Å². The Morgan fingerprint density at radius 3 is 2.68 bits per heavy atom. The Morgan fingerprint density at radius 1 is 1.21 bits per heavy atom. The van der Waals surface area contributed by atoms with Gasteiger partial charge in [0.05, 0.1) is 5.56 Å². The summed E-state index contributed by atoms with van der Waals surface area (Å²) in [5.74, 6) is -1.46. The minimum absolute atomic E-state index is 0.0799. The molecule has 0 spiro atoms. The number of carbonyl (C=O) groups is 1. The van der Waals surface area contributed by atoms with E-state index < -0.39 is 11.7 Å². The molecule has 0 bridgehead atoms. The quantitative estimate of drug-likeness (QED) is 0.728. The van der Waals surface area contributed by atoms with Gasteiger partial charge in [-0.1, -0.05) is 6.07 Å². The highest BCUT2D eigenvalue weighted by atomic mass is 19.1. The minimum Gasteiger partial charge on any atom is -0.508 e. The van der Waals surface area contributed by atoms with Gasteiger partial charge >= 0.3 is 0 Å². The van der Waals surface area contributed by atoms with E-state index in [0.29, 0.717) is 11.3 Å². The number of aromatic hydroxyl groups is 2. The molecule has 0 radical (unpaired) electrons. The average molecular weight is 261 g/mol. The number of halogens is 1. The van der Waals surface area contributed by atoms with E-state index in [9.17, 15) is 19.4 Å². The summed E-state index contributed by atoms with van der Waals surface area (Å²) >= 11 is 0. The standard InChI is InChI=1S/C14H12FNO3/c1-8-11(15)3-2-4-12(8)16-14(19)10-7-9(17)5-6-13(10)18/h2-7,17-18H,1H3,(H,16,19). The van der Waals surface area contributed by atoms with Gasteiger partial charge in [-0.3, -0.25) is 4.79 Å². The number of nitrogens with one attached hydrogen (secondary N) is 1. The van der Waals surface area contributed by atoms with Crippen molar-refractivity contribution in [1.82, 2.24) is 0 Å². The largest absolute Gasteiger partial charge is 0.508 e. The fourth-order valence-electron chi connectivity index (χ4n) is 1.64. The van der Waals surface area contributed by atoms with Crippen molar-refractivity contribution < 1.29 is 19.4 Å². The molecule has 2 aromatic rings. The van der Waals surface area contributed by atoms with Gasteiger partial charge in [-0.05, 0) is 37.3 Å². The summed E-state index contributed by atoms with van der Waals surface area (Å²) in [6.45, 7) is 1.53. The zero-order chi connectivity index (χ0) is 14.0. The molecule has 2 rings (SSSR count). The second-order valence-electron chi connectivity index (χ2n) is 4.07. The zero-order valence-corrected chi connectivity index (χ0v) is 10.1. The third kappa shape index (κ3) is 2.65. The van der Waals surface area contributed by atoms with Gasteiger partial charge in [-0.2, -0.15) is 0 Å². The van der Waals surface area contributed by atoms with Gasteiger partial charge in [0, 0.05) is 11.3 Å². The maximum absolute atomic E-state index is 13.3. The van der Waals surface area contributed by atoms with Crippen molar-refractivity contribution in [1.29, 1.82) is 0 Å². The van der Waals surface area contributed by atoms with Crippen LogP contribution in [0.1, 0.15) is 15.9 Å². The maximum atomic E-state index is 13.3. The Kier molecular flexibility index (Phi) is 3.37. The molecule has 3 N–H and O–H groups in total. The molecule has 19 heavy (non-hydrogen) atoms. The number of carbonyl (C=O) groups excluding carboxylic acids is 1. The molecule has 0 saturated heterocycles. The van der Waals surface area contributed by atoms with Gasteiger partial charge in [0.1, 0.15) is 17.3 Å². The highest BCUT2D eigenvalue weighted by molar-refractivity contribution is 6.06. The van der Waals surface area contributed by atoms with E-state index in [4.69, 9.17) is 0 Å². The van der Waals surface area contributed by atoms with Crippen molar-refractivity contribution >= 4 is 11.6 Å². The first-order chi connectivity index (χ1) is 8.99. The van der Waals surface area contributed by atoms with E-state index in [1.54, 1.807) is 6.07 Å². The Balaban J connectivity index is 2.31. The lowest BCUT2D eigenvalue weighted by atomic mass is 10.1. The molecule has 0 aliphatic rings. The molecule has 0 saturated carbocycles. The molecule has 98 valence electrons. The molecule has 0 aliphatic carbocycles. The van der Waals surface area contributed by atoms with Crippen LogP contribution in [0.4, 0.5) is 10.1 Å². The van der Waals surface area contributed by atoms with Crippen molar-refractivity contribution in [3.05, 3.63) is 53.3 Å². The van der Waals surface area contributed by atoms with Gasteiger partial charge in [0.2, 0.25) is 0 Å². The van der Waals surface area contributed by atoms with Crippen LogP contribution >= 0.6 is 0 Å². The van der Waals surface area contributed by atoms with Crippen LogP contribution < -0.4 is 5.32 Å². The lowest BCUT2D eigenvalue weighted by Crippen LogP contribution is -2.13. The first kappa shape index (κ1) is 12.9. The van der Waals surface area contributed by atoms with Crippen LogP contribution in [0.2, 0.25) is 0 Å². The van der Waals surface area contributed by atoms with Crippen LogP contribution in [0, 0.1) is 12.7 Å². The van der Waals surface area contributed by atoms with E-state index in [1.807, 2.05) is 0 Å². The smallest absolute Gasteiger partial charge is 0.259 e. The predicted octanol–water partition coefficient (Wildman–Crippen LogP) is 2.80. The molecule has 1 amide bonds. The second-order valence-corrected chi connectivity index (χ2v) is 4.07. The van der Waals surface area contributed by atoms with Gasteiger partial charge < -0.3 is 15.5 Å². The lowest BCUT2D eigenvalue weighted by Gasteiger charge is -2.10. The van der Waals surface area contributed by atoms with Crippen molar-refractivity contribution in [2.45, 2.75) is 6.92 Å². The number of phenols is 2. The van der Waals surface area contributed by atoms with Crippen molar-refractivity contribution in [3.8, 4) is 11.5 Å². The third-order valence-electron chi connectivity index (χ3n) is 2.74. The number of anilines is 1. The number of hydrogen-bond donors (Lipinski definition) is 3. The molecule has 0 fully saturated rings. The Morgan fingerprint density at radius 2 is 1.95 bits per heavy atom. The Hall–Kier alpha value is -2.56. The van der Waals surface area contributed by atoms with Crippen LogP contribution in [0.5, 0.6) is 11.5 Å². The lowest BCUT2D eigenvalue weighted by molar-refractivity contribution is 0.102. The molecule has 0 heterocycles. The van der Waals surface area contributed by atoms with Crippen molar-refractivity contribution in [2.24, 2.45) is 0 Å². The van der Waals surface area contributed by atoms with E-state index in [2.05, 4.69) is 5.32 Å². The molecule has 2 aromatic carbocycles. The highest BCUT2D eigenvalue weighted by Crippen LogP contribution is 2.24. The molecule has 0 unspecified atom stereocenters. The SMILES string of the molecule is Cc1c(F)cccc1NC(=O)c1cc(O)ccc1O. The van der Waals surface area contributed by atoms with Crippen LogP contribution in [-0.4, -0.2) is 16.1 Å². The van der Waals surface area contributed by atoms with Crippen LogP contribution in [-0.2, 0) is 0 Å². The fourth-order valence-corrected chi connectivity index (χ4v) is 1.64. The fraction of sp³-hybridized carbons (Fsp3) is 0.0714. The summed E-state index contributed by atoms with van der Waals surface area (Å²) < 4.78 is 13.3. The molecule has 0 aliphatic heterocycles. The summed E-state index contributed by atoms with van der Waals surface area (Å²) in [4.78, 5) is 11.9. The van der Waals surface area contributed by atoms with Crippen LogP contribution in [0.25, 0.3) is 0 Å². The molecule has 0 aromatic heterocycles. The Bertz CT molecular complexity index is 641. The Labute approximate surface area is 109 Å². The zero-order valence-electron chi connectivity index (χ0n) is 10.1. The monoisotopic (exact) mass is 261 g/mol. The normalized spacial score (nSPS) is 10.2. The van der Waals surface area contributed by atoms with Crippen molar-refractivity contribution in [3.63, 3.8) is 0 Å². The summed E-state index contributed by atoms with van der Waals surface area (Å²) in [6.07, 6.45) is 0.